The summed E-state index contributed by atoms with van der Waals surface area (Å²) in [6, 6.07) is 2.89. The summed E-state index contributed by atoms with van der Waals surface area (Å²) in [6.07, 6.45) is 0.787. The smallest absolute Gasteiger partial charge is 0.227 e. The Kier molecular flexibility index (Phi) is 2.68. The van der Waals surface area contributed by atoms with Crippen LogP contribution >= 0.6 is 0 Å². The van der Waals surface area contributed by atoms with Gasteiger partial charge in [0.25, 0.3) is 0 Å². The number of aldehydes is 1. The van der Waals surface area contributed by atoms with Gasteiger partial charge in [-0.1, -0.05) is 0 Å². The van der Waals surface area contributed by atoms with E-state index in [1.807, 2.05) is 0 Å². The van der Waals surface area contributed by atoms with Crippen LogP contribution in [0.5, 0.6) is 0 Å². The van der Waals surface area contributed by atoms with Crippen molar-refractivity contribution in [2.24, 2.45) is 5.92 Å². The van der Waals surface area contributed by atoms with Crippen LogP contribution in [0.2, 0.25) is 0 Å². The average Bonchev–Trinajstić information content (AvgIpc) is 2.58. The van der Waals surface area contributed by atoms with Crippen LogP contribution in [0.25, 0.3) is 0 Å². The first kappa shape index (κ1) is 10.7. The number of hydrogen-bond acceptors (Lipinski definition) is 2. The van der Waals surface area contributed by atoms with Crippen LogP contribution in [0.1, 0.15) is 6.42 Å². The lowest BCUT2D eigenvalue weighted by Crippen LogP contribution is -2.24. The number of carbonyl (C=O) groups excluding carboxylic acids is 2. The van der Waals surface area contributed by atoms with Crippen molar-refractivity contribution < 1.29 is 18.4 Å². The number of benzene rings is 1. The van der Waals surface area contributed by atoms with Gasteiger partial charge in [-0.15, -0.1) is 0 Å². The average molecular weight is 225 g/mol. The molecule has 1 aliphatic heterocycles. The first-order chi connectivity index (χ1) is 7.60. The Morgan fingerprint density at radius 3 is 2.38 bits per heavy atom. The highest BCUT2D eigenvalue weighted by Gasteiger charge is 2.30. The van der Waals surface area contributed by atoms with Crippen LogP contribution in [0, 0.1) is 17.6 Å². The summed E-state index contributed by atoms with van der Waals surface area (Å²) < 4.78 is 25.9. The lowest BCUT2D eigenvalue weighted by molar-refractivity contribution is -0.119. The molecule has 0 N–H and O–H groups in total. The van der Waals surface area contributed by atoms with E-state index in [1.54, 1.807) is 0 Å². The molecule has 0 aliphatic carbocycles. The van der Waals surface area contributed by atoms with E-state index in [1.165, 1.54) is 4.90 Å². The van der Waals surface area contributed by atoms with Crippen LogP contribution in [0.15, 0.2) is 18.2 Å². The van der Waals surface area contributed by atoms with Crippen molar-refractivity contribution in [3.8, 4) is 0 Å². The van der Waals surface area contributed by atoms with E-state index < -0.39 is 11.6 Å². The second-order valence-electron chi connectivity index (χ2n) is 3.73. The van der Waals surface area contributed by atoms with Crippen molar-refractivity contribution in [2.45, 2.75) is 6.42 Å². The Balaban J connectivity index is 2.30. The van der Waals surface area contributed by atoms with Crippen LogP contribution in [0.4, 0.5) is 14.5 Å². The van der Waals surface area contributed by atoms with Crippen LogP contribution in [-0.2, 0) is 9.59 Å². The highest BCUT2D eigenvalue weighted by Crippen LogP contribution is 2.25. The minimum Gasteiger partial charge on any atom is -0.311 e. The quantitative estimate of drug-likeness (QED) is 0.715. The van der Waals surface area contributed by atoms with E-state index in [-0.39, 0.29) is 30.5 Å². The molecule has 0 saturated carbocycles. The molecule has 1 aromatic carbocycles. The Bertz CT molecular complexity index is 427. The predicted octanol–water partition coefficient (Wildman–Crippen LogP) is 1.52. The second-order valence-corrected chi connectivity index (χ2v) is 3.73. The molecule has 1 unspecified atom stereocenters. The topological polar surface area (TPSA) is 37.4 Å². The molecule has 16 heavy (non-hydrogen) atoms. The Labute approximate surface area is 90.7 Å². The molecule has 1 atom stereocenters. The van der Waals surface area contributed by atoms with E-state index in [9.17, 15) is 18.4 Å². The van der Waals surface area contributed by atoms with Crippen molar-refractivity contribution in [2.75, 3.05) is 11.4 Å². The third-order valence-electron chi connectivity index (χ3n) is 2.51. The zero-order valence-corrected chi connectivity index (χ0v) is 8.32. The van der Waals surface area contributed by atoms with Gasteiger partial charge in [0, 0.05) is 30.6 Å². The third kappa shape index (κ3) is 1.93. The zero-order chi connectivity index (χ0) is 11.7. The van der Waals surface area contributed by atoms with E-state index >= 15 is 0 Å². The maximum absolute atomic E-state index is 12.9. The number of anilines is 1. The fraction of sp³-hybridized carbons (Fsp3) is 0.273. The highest BCUT2D eigenvalue weighted by atomic mass is 19.1. The van der Waals surface area contributed by atoms with Crippen LogP contribution in [0.3, 0.4) is 0 Å². The molecule has 3 nitrogen and oxygen atoms in total. The molecular weight excluding hydrogens is 216 g/mol. The predicted molar refractivity (Wildman–Crippen MR) is 52.9 cm³/mol. The molecule has 1 heterocycles. The summed E-state index contributed by atoms with van der Waals surface area (Å²) in [5.74, 6) is -2.16. The van der Waals surface area contributed by atoms with Crippen LogP contribution in [-0.4, -0.2) is 18.7 Å². The number of hydrogen-bond donors (Lipinski definition) is 0. The molecule has 1 aliphatic rings. The Morgan fingerprint density at radius 2 is 1.88 bits per heavy atom. The Morgan fingerprint density at radius 1 is 1.25 bits per heavy atom. The molecule has 5 heteroatoms. The molecule has 0 spiro atoms. The number of carbonyl (C=O) groups is 2. The van der Waals surface area contributed by atoms with Gasteiger partial charge in [-0.25, -0.2) is 8.78 Å². The first-order valence-electron chi connectivity index (χ1n) is 4.82. The number of nitrogens with zero attached hydrogens (tertiary/aromatic N) is 1. The van der Waals surface area contributed by atoms with Crippen molar-refractivity contribution in [3.63, 3.8) is 0 Å². The third-order valence-corrected chi connectivity index (χ3v) is 2.51. The zero-order valence-electron chi connectivity index (χ0n) is 8.32. The molecule has 0 bridgehead atoms. The fourth-order valence-electron chi connectivity index (χ4n) is 1.77. The molecule has 1 saturated heterocycles. The number of halogens is 2. The van der Waals surface area contributed by atoms with Gasteiger partial charge in [0.05, 0.1) is 0 Å². The van der Waals surface area contributed by atoms with Gasteiger partial charge in [-0.3, -0.25) is 4.79 Å². The van der Waals surface area contributed by atoms with E-state index in [4.69, 9.17) is 0 Å². The van der Waals surface area contributed by atoms with Gasteiger partial charge in [0.1, 0.15) is 17.9 Å². The van der Waals surface area contributed by atoms with Crippen molar-refractivity contribution >= 4 is 17.9 Å². The molecular formula is C11H9F2NO2. The Hall–Kier alpha value is -1.78. The molecule has 1 fully saturated rings. The first-order valence-corrected chi connectivity index (χ1v) is 4.82. The van der Waals surface area contributed by atoms with Gasteiger partial charge >= 0.3 is 0 Å². The molecule has 0 radical (unpaired) electrons. The summed E-state index contributed by atoms with van der Waals surface area (Å²) in [5.41, 5.74) is 0.159. The molecule has 1 amide bonds. The van der Waals surface area contributed by atoms with Crippen molar-refractivity contribution in [1.29, 1.82) is 0 Å². The molecule has 84 valence electrons. The largest absolute Gasteiger partial charge is 0.311 e. The standard InChI is InChI=1S/C11H9F2NO2/c12-8-2-9(13)4-10(3-8)14-5-7(6-15)1-11(14)16/h2-4,6-7H,1,5H2. The van der Waals surface area contributed by atoms with Gasteiger partial charge in [0.15, 0.2) is 0 Å². The number of amides is 1. The summed E-state index contributed by atoms with van der Waals surface area (Å²) in [7, 11) is 0. The molecule has 1 aromatic rings. The van der Waals surface area contributed by atoms with Crippen molar-refractivity contribution in [1.82, 2.24) is 0 Å². The highest BCUT2D eigenvalue weighted by molar-refractivity contribution is 5.97. The van der Waals surface area contributed by atoms with Gasteiger partial charge in [-0.2, -0.15) is 0 Å². The summed E-state index contributed by atoms with van der Waals surface area (Å²) >= 11 is 0. The monoisotopic (exact) mass is 225 g/mol. The molecule has 2 rings (SSSR count). The molecule has 0 aromatic heterocycles. The summed E-state index contributed by atoms with van der Waals surface area (Å²) in [6.45, 7) is 0.186. The van der Waals surface area contributed by atoms with Crippen LogP contribution < -0.4 is 4.90 Å². The van der Waals surface area contributed by atoms with E-state index in [0.29, 0.717) is 6.29 Å². The lowest BCUT2D eigenvalue weighted by atomic mass is 10.1. The number of rotatable bonds is 2. The van der Waals surface area contributed by atoms with Gasteiger partial charge in [-0.05, 0) is 12.1 Å². The second kappa shape index (κ2) is 4.00. The normalized spacial score (nSPS) is 20.2. The SMILES string of the molecule is O=CC1CC(=O)N(c2cc(F)cc(F)c2)C1. The van der Waals surface area contributed by atoms with E-state index in [0.717, 1.165) is 18.2 Å². The van der Waals surface area contributed by atoms with Gasteiger partial charge < -0.3 is 9.69 Å². The maximum Gasteiger partial charge on any atom is 0.227 e. The van der Waals surface area contributed by atoms with Gasteiger partial charge in [0.2, 0.25) is 5.91 Å². The van der Waals surface area contributed by atoms with Crippen molar-refractivity contribution in [3.05, 3.63) is 29.8 Å². The lowest BCUT2D eigenvalue weighted by Gasteiger charge is -2.15. The maximum atomic E-state index is 12.9. The minimum atomic E-state index is -0.739. The minimum absolute atomic E-state index is 0.0988. The summed E-state index contributed by atoms with van der Waals surface area (Å²) in [4.78, 5) is 23.3. The fourth-order valence-corrected chi connectivity index (χ4v) is 1.77. The van der Waals surface area contributed by atoms with E-state index in [2.05, 4.69) is 0 Å². The summed E-state index contributed by atoms with van der Waals surface area (Å²) in [5, 5.41) is 0.